The number of benzene rings is 11. The number of aromatic hydroxyl groups is 4. The molecule has 1 unspecified atom stereocenters. The number of rotatable bonds is 32. The molecule has 18 nitrogen and oxygen atoms in total. The Kier molecular flexibility index (Phi) is 52.5. The quantitative estimate of drug-likeness (QED) is 0.0150. The third-order valence-corrected chi connectivity index (χ3v) is 41.4. The minimum atomic E-state index is -1.92. The number of halogens is 2. The van der Waals surface area contributed by atoms with Crippen LogP contribution in [-0.2, 0) is 31.8 Å². The first-order chi connectivity index (χ1) is 68.8. The van der Waals surface area contributed by atoms with Crippen LogP contribution in [0.5, 0.6) is 63.2 Å². The largest absolute Gasteiger partial charge is 0.543 e. The minimum absolute atomic E-state index is 0.132. The number of hydrogen-bond acceptors (Lipinski definition) is 18. The molecule has 11 aromatic rings. The second-order valence-electron chi connectivity index (χ2n) is 44.7. The maximum atomic E-state index is 11.3. The van der Waals surface area contributed by atoms with Crippen molar-refractivity contribution < 1.29 is 86.3 Å². The fourth-order valence-corrected chi connectivity index (χ4v) is 19.5. The molecule has 0 radical (unpaired) electrons. The van der Waals surface area contributed by atoms with E-state index in [1.807, 2.05) is 133 Å². The predicted octanol–water partition coefficient (Wildman–Crippen LogP) is 34.6. The molecule has 0 spiro atoms. The van der Waals surface area contributed by atoms with Crippen molar-refractivity contribution in [1.29, 1.82) is 0 Å². The molecule has 0 saturated carbocycles. The van der Waals surface area contributed by atoms with Crippen LogP contribution in [0, 0.1) is 69.2 Å². The molecular formula is C125H178Br2O18Si3. The smallest absolute Gasteiger partial charge is 0.250 e. The SMILES string of the molecule is CC(C)c1cc(Br)ccc1O.CC(C)c1ccccc1O.COCOc1ccc(Br)cc1C(C)C.COCOc1ccc(C(O)c2c(C)cc(O[Si](C)(C)C(C)(C)C)cc2C)cc1C(C)C.COCOc1ccc(Cc2c(C)cc(O)cc2C)cc1C(C)C.COCOc1ccc(Cc2c(C)cc(O[Si](C)(C)C(C)(C)C)cc2C)cc1C(C)C.Cc1cc(O)cc(C)c1C=O.Cc1cc(O[Si](C)(C)C(C)(C)C)cc(C)c1C=O. The van der Waals surface area contributed by atoms with Crippen molar-refractivity contribution in [2.75, 3.05) is 55.6 Å². The zero-order valence-corrected chi connectivity index (χ0v) is 103. The average molecular weight is 2210 g/mol. The summed E-state index contributed by atoms with van der Waals surface area (Å²) in [6.07, 6.45) is 2.77. The van der Waals surface area contributed by atoms with Gasteiger partial charge in [0.15, 0.2) is 39.7 Å². The third kappa shape index (κ3) is 40.3. The highest BCUT2D eigenvalue weighted by molar-refractivity contribution is 9.10. The number of carbonyl (C=O) groups is 2. The van der Waals surface area contributed by atoms with Crippen LogP contribution in [-0.4, -0.2) is 119 Å². The molecular weight excluding hydrogens is 2030 g/mol. The normalized spacial score (nSPS) is 11.7. The summed E-state index contributed by atoms with van der Waals surface area (Å²) < 4.78 is 64.0. The van der Waals surface area contributed by atoms with Crippen LogP contribution in [0.25, 0.3) is 0 Å². The van der Waals surface area contributed by atoms with Crippen molar-refractivity contribution in [3.63, 3.8) is 0 Å². The van der Waals surface area contributed by atoms with Crippen LogP contribution in [0.4, 0.5) is 0 Å². The number of ether oxygens (including phenoxy) is 8. The van der Waals surface area contributed by atoms with Crippen LogP contribution in [0.2, 0.25) is 54.4 Å². The molecule has 11 aromatic carbocycles. The molecule has 812 valence electrons. The van der Waals surface area contributed by atoms with Crippen LogP contribution in [0.1, 0.15) is 330 Å². The Labute approximate surface area is 909 Å². The Hall–Kier alpha value is -10.0. The Morgan fingerprint density at radius 1 is 0.311 bits per heavy atom. The molecule has 0 bridgehead atoms. The van der Waals surface area contributed by atoms with Gasteiger partial charge in [-0.3, -0.25) is 9.59 Å². The van der Waals surface area contributed by atoms with E-state index in [4.69, 9.17) is 56.3 Å². The maximum absolute atomic E-state index is 11.3. The molecule has 0 aromatic heterocycles. The molecule has 0 saturated heterocycles. The number of carbonyl (C=O) groups excluding carboxylic acids is 2. The zero-order chi connectivity index (χ0) is 112. The lowest BCUT2D eigenvalue weighted by atomic mass is 9.90. The molecule has 148 heavy (non-hydrogen) atoms. The Balaban J connectivity index is 0.000000364. The van der Waals surface area contributed by atoms with Crippen molar-refractivity contribution in [2.45, 2.75) is 323 Å². The molecule has 0 aliphatic carbocycles. The number of aryl methyl sites for hydroxylation is 10. The highest BCUT2D eigenvalue weighted by Crippen LogP contribution is 2.45. The number of aldehydes is 2. The Morgan fingerprint density at radius 2 is 0.574 bits per heavy atom. The lowest BCUT2D eigenvalue weighted by Crippen LogP contribution is -2.43. The highest BCUT2D eigenvalue weighted by Gasteiger charge is 2.42. The van der Waals surface area contributed by atoms with Gasteiger partial charge >= 0.3 is 0 Å². The average Bonchev–Trinajstić information content (AvgIpc) is 0.790. The van der Waals surface area contributed by atoms with Crippen LogP contribution in [0.3, 0.4) is 0 Å². The van der Waals surface area contributed by atoms with Crippen LogP contribution in [0.15, 0.2) is 185 Å². The van der Waals surface area contributed by atoms with E-state index >= 15 is 0 Å². The minimum Gasteiger partial charge on any atom is -0.543 e. The first-order valence-corrected chi connectivity index (χ1v) is 61.6. The van der Waals surface area contributed by atoms with E-state index in [-0.39, 0.29) is 47.2 Å². The molecule has 0 aliphatic heterocycles. The van der Waals surface area contributed by atoms with Crippen LogP contribution >= 0.6 is 31.9 Å². The number of phenols is 4. The van der Waals surface area contributed by atoms with Crippen molar-refractivity contribution in [3.05, 3.63) is 318 Å². The van der Waals surface area contributed by atoms with Gasteiger partial charge in [-0.15, -0.1) is 0 Å². The molecule has 0 amide bonds. The van der Waals surface area contributed by atoms with Gasteiger partial charge in [-0.25, -0.2) is 0 Å². The summed E-state index contributed by atoms with van der Waals surface area (Å²) in [5.41, 5.74) is 25.6. The summed E-state index contributed by atoms with van der Waals surface area (Å²) >= 11 is 6.80. The first-order valence-electron chi connectivity index (χ1n) is 51.3. The lowest BCUT2D eigenvalue weighted by molar-refractivity contribution is 0.0500. The molecule has 23 heteroatoms. The fourth-order valence-electron chi connectivity index (χ4n) is 15.7. The molecule has 5 N–H and O–H groups in total. The predicted molar refractivity (Wildman–Crippen MR) is 629 cm³/mol. The molecule has 0 fully saturated rings. The Morgan fingerprint density at radius 3 is 0.878 bits per heavy atom. The number of phenolic OH excluding ortho intramolecular Hbond substituents is 4. The van der Waals surface area contributed by atoms with Crippen molar-refractivity contribution in [1.82, 2.24) is 0 Å². The van der Waals surface area contributed by atoms with Gasteiger partial charge in [-0.2, -0.15) is 0 Å². The Bertz CT molecular complexity index is 5940. The van der Waals surface area contributed by atoms with Gasteiger partial charge in [0, 0.05) is 48.5 Å². The highest BCUT2D eigenvalue weighted by atomic mass is 79.9. The number of para-hydroxylation sites is 1. The standard InChI is InChI=1S/C26H40O4Si.C26H40O3Si.C20H26O3.C15H24O2Si.C11H15BrO2.C9H11BrO.C9H10O2.C9H12O/c1-17(2)22-15-20(11-12-23(22)29-16-28-8)25(27)24-18(3)13-21(14-19(24)4)30-31(9,10)26(5,6)7;1-18(2)23-15-21(11-12-25(23)28-17-27-8)16-24-19(3)13-22(14-20(24)4)29-30(9,10)26(5,6)7;1-13(2)18-10-16(6-7-20(18)23-12-22-5)11-19-14(3)8-17(21)9-15(19)4;1-11-8-13(9-12(2)14(11)10-16)17-18(6,7)15(3,4)5;1-8(2)10-6-9(12)4-5-11(10)14-7-13-3;1-6(2)8-5-7(10)3-4-9(8)11;1-6-3-8(11)4-7(2)9(6)5-10;1-7(2)8-5-3-4-6-9(8)10/h11-15,17,25,27H,16H2,1-10H3;11-15,18H,16-17H2,1-10H3;6-10,13,21H,11-12H2,1-5H3;8-10H,1-7H3;4-6,8H,7H2,1-3H3;3-6,11H,1-2H3;3-5,11H,1-2H3;3-7,10H,1-2H3. The first kappa shape index (κ1) is 130. The van der Waals surface area contributed by atoms with Gasteiger partial charge in [0.2, 0.25) is 25.0 Å². The summed E-state index contributed by atoms with van der Waals surface area (Å²) in [6, 6.07) is 56.9. The van der Waals surface area contributed by atoms with E-state index < -0.39 is 31.1 Å². The summed E-state index contributed by atoms with van der Waals surface area (Å²) in [7, 11) is 0.922. The topological polar surface area (TPSA) is 237 Å². The zero-order valence-electron chi connectivity index (χ0n) is 97.0. The van der Waals surface area contributed by atoms with E-state index in [0.717, 1.165) is 152 Å². The lowest BCUT2D eigenvalue weighted by Gasteiger charge is -2.36. The van der Waals surface area contributed by atoms with Crippen molar-refractivity contribution in [3.8, 4) is 63.2 Å². The molecule has 0 heterocycles. The van der Waals surface area contributed by atoms with Gasteiger partial charge in [0.25, 0.3) is 0 Å². The second-order valence-corrected chi connectivity index (χ2v) is 60.7. The molecule has 0 aliphatic rings. The van der Waals surface area contributed by atoms with Crippen molar-refractivity contribution >= 4 is 69.4 Å². The maximum Gasteiger partial charge on any atom is 0.250 e. The fraction of sp³-hybridized carbons (Fsp3) is 0.456. The number of hydrogen-bond donors (Lipinski definition) is 5. The number of aliphatic hydroxyl groups is 1. The number of methoxy groups -OCH3 is 4. The van der Waals surface area contributed by atoms with Crippen molar-refractivity contribution in [2.24, 2.45) is 0 Å². The van der Waals surface area contributed by atoms with Crippen LogP contribution < -0.4 is 32.2 Å². The monoisotopic (exact) mass is 2210 g/mol. The van der Waals surface area contributed by atoms with E-state index in [9.17, 15) is 30.0 Å². The van der Waals surface area contributed by atoms with Gasteiger partial charge < -0.3 is 76.7 Å². The number of aliphatic hydroxyl groups excluding tert-OH is 1. The summed E-state index contributed by atoms with van der Waals surface area (Å²) in [4.78, 5) is 21.4. The third-order valence-electron chi connectivity index (χ3n) is 27.3. The second kappa shape index (κ2) is 59.7. The van der Waals surface area contributed by atoms with Gasteiger partial charge in [-0.1, -0.05) is 226 Å². The summed E-state index contributed by atoms with van der Waals surface area (Å²) in [5, 5.41) is 49.2. The van der Waals surface area contributed by atoms with E-state index in [1.54, 1.807) is 66.6 Å². The van der Waals surface area contributed by atoms with E-state index in [0.29, 0.717) is 59.2 Å². The van der Waals surface area contributed by atoms with E-state index in [1.165, 1.54) is 50.1 Å². The van der Waals surface area contributed by atoms with E-state index in [2.05, 4.69) is 291 Å². The molecule has 11 rings (SSSR count). The van der Waals surface area contributed by atoms with Gasteiger partial charge in [0.1, 0.15) is 69.3 Å². The summed E-state index contributed by atoms with van der Waals surface area (Å²) in [6.45, 7) is 80.4. The van der Waals surface area contributed by atoms with Gasteiger partial charge in [-0.05, 0) is 422 Å². The summed E-state index contributed by atoms with van der Waals surface area (Å²) in [5.74, 6) is 9.83. The van der Waals surface area contributed by atoms with Gasteiger partial charge in [0.05, 0.1) is 0 Å². The molecule has 1 atom stereocenters.